The van der Waals surface area contributed by atoms with Crippen LogP contribution in [-0.2, 0) is 4.79 Å². The highest BCUT2D eigenvalue weighted by atomic mass is 32.1. The molecule has 4 nitrogen and oxygen atoms in total. The van der Waals surface area contributed by atoms with Gasteiger partial charge in [-0.3, -0.25) is 10.1 Å². The SMILES string of the molecule is C[C@H]1N=NC(=S)NC1=O. The summed E-state index contributed by atoms with van der Waals surface area (Å²) in [7, 11) is 0. The summed E-state index contributed by atoms with van der Waals surface area (Å²) < 4.78 is 0. The molecule has 5 heteroatoms. The van der Waals surface area contributed by atoms with Crippen LogP contribution in [0.25, 0.3) is 0 Å². The second kappa shape index (κ2) is 2.18. The maximum absolute atomic E-state index is 10.7. The lowest BCUT2D eigenvalue weighted by atomic mass is 10.3. The lowest BCUT2D eigenvalue weighted by molar-refractivity contribution is -0.120. The summed E-state index contributed by atoms with van der Waals surface area (Å²) >= 11 is 4.54. The second-order valence-corrected chi connectivity index (χ2v) is 2.07. The Morgan fingerprint density at radius 3 is 2.89 bits per heavy atom. The number of azo groups is 1. The molecule has 0 aromatic heterocycles. The van der Waals surface area contributed by atoms with Gasteiger partial charge in [-0.1, -0.05) is 0 Å². The van der Waals surface area contributed by atoms with Crippen LogP contribution in [0.2, 0.25) is 0 Å². The first-order valence-electron chi connectivity index (χ1n) is 2.46. The van der Waals surface area contributed by atoms with Crippen LogP contribution in [0, 0.1) is 0 Å². The summed E-state index contributed by atoms with van der Waals surface area (Å²) in [6, 6.07) is -0.392. The highest BCUT2D eigenvalue weighted by Gasteiger charge is 2.16. The molecule has 0 aliphatic carbocycles. The van der Waals surface area contributed by atoms with E-state index in [0.717, 1.165) is 0 Å². The summed E-state index contributed by atoms with van der Waals surface area (Å²) in [5.74, 6) is -0.185. The summed E-state index contributed by atoms with van der Waals surface area (Å²) in [5.41, 5.74) is 0. The molecule has 0 aromatic carbocycles. The van der Waals surface area contributed by atoms with Gasteiger partial charge in [0.15, 0.2) is 0 Å². The van der Waals surface area contributed by atoms with Gasteiger partial charge in [-0.15, -0.1) is 5.11 Å². The van der Waals surface area contributed by atoms with Gasteiger partial charge >= 0.3 is 0 Å². The fourth-order valence-corrected chi connectivity index (χ4v) is 0.574. The molecule has 0 fully saturated rings. The van der Waals surface area contributed by atoms with E-state index in [1.54, 1.807) is 6.92 Å². The molecule has 0 radical (unpaired) electrons. The average molecular weight is 143 g/mol. The Balaban J connectivity index is 2.76. The number of hydrogen-bond acceptors (Lipinski definition) is 3. The van der Waals surface area contributed by atoms with E-state index in [-0.39, 0.29) is 11.0 Å². The van der Waals surface area contributed by atoms with Crippen molar-refractivity contribution in [1.29, 1.82) is 0 Å². The maximum atomic E-state index is 10.7. The third kappa shape index (κ3) is 1.29. The van der Waals surface area contributed by atoms with E-state index in [1.807, 2.05) is 0 Å². The van der Waals surface area contributed by atoms with Crippen LogP contribution in [0.1, 0.15) is 6.92 Å². The predicted molar refractivity (Wildman–Crippen MR) is 35.1 cm³/mol. The molecule has 1 heterocycles. The number of carbonyl (C=O) groups excluding carboxylic acids is 1. The predicted octanol–water partition coefficient (Wildman–Crippen LogP) is 0.242. The van der Waals surface area contributed by atoms with Gasteiger partial charge < -0.3 is 0 Å². The number of rotatable bonds is 0. The highest BCUT2D eigenvalue weighted by molar-refractivity contribution is 7.80. The fraction of sp³-hybridized carbons (Fsp3) is 0.500. The zero-order valence-electron chi connectivity index (χ0n) is 4.79. The highest BCUT2D eigenvalue weighted by Crippen LogP contribution is 1.97. The maximum Gasteiger partial charge on any atom is 0.252 e. The molecular formula is C4H5N3OS. The van der Waals surface area contributed by atoms with Crippen molar-refractivity contribution >= 4 is 23.2 Å². The minimum Gasteiger partial charge on any atom is -0.298 e. The van der Waals surface area contributed by atoms with Gasteiger partial charge in [0.1, 0.15) is 6.04 Å². The van der Waals surface area contributed by atoms with Crippen LogP contribution in [0.3, 0.4) is 0 Å². The van der Waals surface area contributed by atoms with Gasteiger partial charge in [0.05, 0.1) is 0 Å². The standard InChI is InChI=1S/C4H5N3OS/c1-2-3(8)5-4(9)7-6-2/h2H,1H3,(H,5,8,9)/t2-/m1/s1. The molecule has 1 N–H and O–H groups in total. The number of nitrogens with zero attached hydrogens (tertiary/aromatic N) is 2. The van der Waals surface area contributed by atoms with Gasteiger partial charge in [-0.05, 0) is 19.1 Å². The Morgan fingerprint density at radius 2 is 2.44 bits per heavy atom. The van der Waals surface area contributed by atoms with E-state index in [1.165, 1.54) is 0 Å². The Kier molecular flexibility index (Phi) is 1.52. The van der Waals surface area contributed by atoms with Crippen LogP contribution in [0.15, 0.2) is 10.2 Å². The first-order valence-corrected chi connectivity index (χ1v) is 2.86. The molecule has 0 aromatic rings. The van der Waals surface area contributed by atoms with E-state index in [0.29, 0.717) is 0 Å². The molecule has 9 heavy (non-hydrogen) atoms. The Morgan fingerprint density at radius 1 is 1.78 bits per heavy atom. The smallest absolute Gasteiger partial charge is 0.252 e. The van der Waals surface area contributed by atoms with Crippen molar-refractivity contribution in [3.8, 4) is 0 Å². The molecule has 1 aliphatic rings. The van der Waals surface area contributed by atoms with Gasteiger partial charge in [0.2, 0.25) is 5.11 Å². The first-order chi connectivity index (χ1) is 4.20. The van der Waals surface area contributed by atoms with Gasteiger partial charge in [0, 0.05) is 0 Å². The Bertz CT molecular complexity index is 188. The normalized spacial score (nSPS) is 26.1. The van der Waals surface area contributed by atoms with E-state index in [4.69, 9.17) is 0 Å². The fourth-order valence-electron chi connectivity index (χ4n) is 0.426. The van der Waals surface area contributed by atoms with Crippen molar-refractivity contribution in [2.24, 2.45) is 10.2 Å². The van der Waals surface area contributed by atoms with E-state index in [9.17, 15) is 4.79 Å². The van der Waals surface area contributed by atoms with E-state index >= 15 is 0 Å². The Hall–Kier alpha value is -0.840. The monoisotopic (exact) mass is 143 g/mol. The Labute approximate surface area is 57.3 Å². The molecular weight excluding hydrogens is 138 g/mol. The summed E-state index contributed by atoms with van der Waals surface area (Å²) in [6.45, 7) is 1.65. The average Bonchev–Trinajstić information content (AvgIpc) is 1.80. The molecule has 0 saturated carbocycles. The minimum absolute atomic E-state index is 0.151. The molecule has 1 rings (SSSR count). The number of thiocarbonyl (C=S) groups is 1. The zero-order chi connectivity index (χ0) is 6.85. The van der Waals surface area contributed by atoms with Gasteiger partial charge in [-0.2, -0.15) is 5.11 Å². The summed E-state index contributed by atoms with van der Waals surface area (Å²) in [6.07, 6.45) is 0. The number of amides is 1. The second-order valence-electron chi connectivity index (χ2n) is 1.69. The van der Waals surface area contributed by atoms with Crippen molar-refractivity contribution in [3.05, 3.63) is 0 Å². The van der Waals surface area contributed by atoms with E-state index < -0.39 is 6.04 Å². The van der Waals surface area contributed by atoms with Gasteiger partial charge in [0.25, 0.3) is 5.91 Å². The lowest BCUT2D eigenvalue weighted by Gasteiger charge is -2.09. The molecule has 0 unspecified atom stereocenters. The van der Waals surface area contributed by atoms with Crippen LogP contribution in [0.5, 0.6) is 0 Å². The largest absolute Gasteiger partial charge is 0.298 e. The summed E-state index contributed by atoms with van der Waals surface area (Å²) in [4.78, 5) is 10.7. The van der Waals surface area contributed by atoms with Crippen LogP contribution >= 0.6 is 12.2 Å². The molecule has 1 aliphatic heterocycles. The van der Waals surface area contributed by atoms with Crippen molar-refractivity contribution in [3.63, 3.8) is 0 Å². The third-order valence-corrected chi connectivity index (χ3v) is 1.12. The quantitative estimate of drug-likeness (QED) is 0.494. The lowest BCUT2D eigenvalue weighted by Crippen LogP contribution is -2.37. The zero-order valence-corrected chi connectivity index (χ0v) is 5.60. The molecule has 48 valence electrons. The third-order valence-electron chi connectivity index (χ3n) is 0.931. The number of hydrogen-bond donors (Lipinski definition) is 1. The van der Waals surface area contributed by atoms with Crippen LogP contribution < -0.4 is 5.32 Å². The van der Waals surface area contributed by atoms with Gasteiger partial charge in [-0.25, -0.2) is 0 Å². The van der Waals surface area contributed by atoms with Crippen molar-refractivity contribution in [2.75, 3.05) is 0 Å². The molecule has 0 bridgehead atoms. The van der Waals surface area contributed by atoms with E-state index in [2.05, 4.69) is 27.8 Å². The minimum atomic E-state index is -0.392. The van der Waals surface area contributed by atoms with Crippen LogP contribution in [-0.4, -0.2) is 17.1 Å². The first kappa shape index (κ1) is 6.28. The van der Waals surface area contributed by atoms with Crippen molar-refractivity contribution in [2.45, 2.75) is 13.0 Å². The molecule has 1 atom stereocenters. The summed E-state index contributed by atoms with van der Waals surface area (Å²) in [5, 5.41) is 9.56. The number of nitrogens with one attached hydrogen (secondary N) is 1. The molecule has 0 spiro atoms. The van der Waals surface area contributed by atoms with Crippen molar-refractivity contribution < 1.29 is 4.79 Å². The molecule has 1 amide bonds. The van der Waals surface area contributed by atoms with Crippen molar-refractivity contribution in [1.82, 2.24) is 5.32 Å². The topological polar surface area (TPSA) is 53.8 Å². The molecule has 0 saturated heterocycles. The van der Waals surface area contributed by atoms with Crippen LogP contribution in [0.4, 0.5) is 0 Å². The number of carbonyl (C=O) groups is 1.